The van der Waals surface area contributed by atoms with Crippen molar-refractivity contribution in [2.24, 2.45) is 5.73 Å². The summed E-state index contributed by atoms with van der Waals surface area (Å²) in [5.41, 5.74) is 7.72. The van der Waals surface area contributed by atoms with E-state index < -0.39 is 11.5 Å². The number of amides is 2. The molecule has 3 N–H and O–H groups in total. The van der Waals surface area contributed by atoms with Gasteiger partial charge in [-0.15, -0.1) is 0 Å². The number of anilines is 1. The van der Waals surface area contributed by atoms with Gasteiger partial charge in [-0.05, 0) is 82.9 Å². The minimum Gasteiger partial charge on any atom is -0.457 e. The molecule has 1 spiro atoms. The van der Waals surface area contributed by atoms with Gasteiger partial charge < -0.3 is 20.5 Å². The monoisotopic (exact) mass is 558 g/mol. The van der Waals surface area contributed by atoms with Crippen LogP contribution in [0.25, 0.3) is 5.69 Å². The van der Waals surface area contributed by atoms with Gasteiger partial charge in [0.05, 0.1) is 23.0 Å². The Kier molecular flexibility index (Phi) is 6.89. The maximum atomic E-state index is 13.1. The fourth-order valence-corrected chi connectivity index (χ4v) is 6.25. The maximum absolute atomic E-state index is 13.1. The fourth-order valence-electron chi connectivity index (χ4n) is 6.25. The highest BCUT2D eigenvalue weighted by Crippen LogP contribution is 2.45. The Morgan fingerprint density at radius 1 is 1.02 bits per heavy atom. The lowest BCUT2D eigenvalue weighted by Crippen LogP contribution is -2.67. The van der Waals surface area contributed by atoms with Crippen molar-refractivity contribution in [2.45, 2.75) is 63.6 Å². The predicted octanol–water partition coefficient (Wildman–Crippen LogP) is 5.10. The van der Waals surface area contributed by atoms with Crippen LogP contribution >= 0.6 is 0 Å². The van der Waals surface area contributed by atoms with Crippen LogP contribution in [0, 0.1) is 0 Å². The van der Waals surface area contributed by atoms with Crippen molar-refractivity contribution in [2.75, 3.05) is 31.5 Å². The van der Waals surface area contributed by atoms with Gasteiger partial charge in [0.25, 0.3) is 5.91 Å². The predicted molar refractivity (Wildman–Crippen MR) is 156 cm³/mol. The van der Waals surface area contributed by atoms with Crippen molar-refractivity contribution >= 4 is 17.7 Å². The Morgan fingerprint density at radius 2 is 1.73 bits per heavy atom. The van der Waals surface area contributed by atoms with Crippen molar-refractivity contribution in [1.29, 1.82) is 0 Å². The van der Waals surface area contributed by atoms with E-state index in [1.54, 1.807) is 4.68 Å². The first-order valence-electron chi connectivity index (χ1n) is 14.4. The standard InChI is InChI=1S/C31H38N6O4/c1-30(2,3)41-29(39)36-19-18-35(20-31(36)15-7-16-31)24-14-17-33-26-25(24)34-37(27(26)28(32)38)21-10-12-23(13-11-21)40-22-8-5-4-6-9-22/h4-6,8-13,24,33H,7,14-20H2,1-3H3,(H2,32,38). The molecule has 3 aromatic rings. The van der Waals surface area contributed by atoms with Crippen molar-refractivity contribution in [1.82, 2.24) is 19.6 Å². The zero-order valence-electron chi connectivity index (χ0n) is 23.9. The molecule has 1 atom stereocenters. The highest BCUT2D eigenvalue weighted by Gasteiger charge is 2.51. The van der Waals surface area contributed by atoms with Crippen LogP contribution in [0.1, 0.15) is 68.7 Å². The zero-order chi connectivity index (χ0) is 28.8. The number of hydrogen-bond donors (Lipinski definition) is 2. The van der Waals surface area contributed by atoms with Gasteiger partial charge >= 0.3 is 6.09 Å². The summed E-state index contributed by atoms with van der Waals surface area (Å²) in [6.45, 7) is 8.47. The molecule has 1 saturated carbocycles. The van der Waals surface area contributed by atoms with Crippen LogP contribution in [-0.2, 0) is 4.74 Å². The molecular weight excluding hydrogens is 520 g/mol. The lowest BCUT2D eigenvalue weighted by atomic mass is 9.73. The fraction of sp³-hybridized carbons (Fsp3) is 0.452. The second-order valence-electron chi connectivity index (χ2n) is 12.2. The van der Waals surface area contributed by atoms with Gasteiger partial charge in [0.2, 0.25) is 0 Å². The Hall–Kier alpha value is -4.05. The number of nitrogens with two attached hydrogens (primary N) is 1. The molecular formula is C31H38N6O4. The van der Waals surface area contributed by atoms with Crippen molar-refractivity contribution < 1.29 is 19.1 Å². The van der Waals surface area contributed by atoms with Gasteiger partial charge in [0, 0.05) is 26.2 Å². The number of benzene rings is 2. The molecule has 1 aromatic heterocycles. The molecule has 0 bridgehead atoms. The molecule has 3 heterocycles. The number of hydrogen-bond acceptors (Lipinski definition) is 7. The number of rotatable bonds is 5. The van der Waals surface area contributed by atoms with E-state index >= 15 is 0 Å². The molecule has 10 nitrogen and oxygen atoms in total. The lowest BCUT2D eigenvalue weighted by Gasteiger charge is -2.56. The van der Waals surface area contributed by atoms with E-state index in [0.29, 0.717) is 36.8 Å². The quantitative estimate of drug-likeness (QED) is 0.448. The number of primary amides is 1. The normalized spacial score (nSPS) is 20.1. The van der Waals surface area contributed by atoms with Gasteiger partial charge in [0.15, 0.2) is 5.69 Å². The number of nitrogens with one attached hydrogen (secondary N) is 1. The van der Waals surface area contributed by atoms with Gasteiger partial charge in [-0.1, -0.05) is 18.2 Å². The van der Waals surface area contributed by atoms with Gasteiger partial charge in [-0.3, -0.25) is 14.6 Å². The summed E-state index contributed by atoms with van der Waals surface area (Å²) in [5.74, 6) is 0.888. The van der Waals surface area contributed by atoms with Crippen LogP contribution in [0.3, 0.4) is 0 Å². The summed E-state index contributed by atoms with van der Waals surface area (Å²) in [7, 11) is 0. The molecule has 3 aliphatic rings. The average molecular weight is 559 g/mol. The van der Waals surface area contributed by atoms with E-state index in [9.17, 15) is 9.59 Å². The summed E-state index contributed by atoms with van der Waals surface area (Å²) in [6, 6.07) is 17.0. The third-order valence-corrected chi connectivity index (χ3v) is 8.26. The number of piperazine rings is 1. The molecule has 41 heavy (non-hydrogen) atoms. The van der Waals surface area contributed by atoms with Gasteiger partial charge in [0.1, 0.15) is 22.8 Å². The Bertz CT molecular complexity index is 1430. The summed E-state index contributed by atoms with van der Waals surface area (Å²) in [4.78, 5) is 30.2. The molecule has 1 saturated heterocycles. The van der Waals surface area contributed by atoms with Crippen LogP contribution in [-0.4, -0.2) is 68.9 Å². The minimum atomic E-state index is -0.540. The van der Waals surface area contributed by atoms with E-state index in [1.165, 1.54) is 0 Å². The van der Waals surface area contributed by atoms with Crippen molar-refractivity contribution in [3.05, 3.63) is 66.0 Å². The van der Waals surface area contributed by atoms with Crippen molar-refractivity contribution in [3.63, 3.8) is 0 Å². The van der Waals surface area contributed by atoms with Gasteiger partial charge in [-0.2, -0.15) is 5.10 Å². The lowest BCUT2D eigenvalue weighted by molar-refractivity contribution is -0.0741. The first kappa shape index (κ1) is 27.1. The summed E-state index contributed by atoms with van der Waals surface area (Å²) in [5, 5.41) is 8.37. The van der Waals surface area contributed by atoms with E-state index in [0.717, 1.165) is 49.4 Å². The molecule has 2 fully saturated rings. The Labute approximate surface area is 240 Å². The van der Waals surface area contributed by atoms with Crippen molar-refractivity contribution in [3.8, 4) is 17.2 Å². The molecule has 6 rings (SSSR count). The number of aromatic nitrogens is 2. The van der Waals surface area contributed by atoms with Crippen LogP contribution < -0.4 is 15.8 Å². The number of nitrogens with zero attached hydrogens (tertiary/aromatic N) is 4. The molecule has 0 radical (unpaired) electrons. The van der Waals surface area contributed by atoms with Crippen LogP contribution in [0.5, 0.6) is 11.5 Å². The third kappa shape index (κ3) is 5.24. The van der Waals surface area contributed by atoms with E-state index in [2.05, 4.69) is 10.2 Å². The van der Waals surface area contributed by atoms with Crippen LogP contribution in [0.15, 0.2) is 54.6 Å². The third-order valence-electron chi connectivity index (χ3n) is 8.26. The van der Waals surface area contributed by atoms with E-state index in [-0.39, 0.29) is 17.7 Å². The highest BCUT2D eigenvalue weighted by molar-refractivity contribution is 5.98. The highest BCUT2D eigenvalue weighted by atomic mass is 16.6. The molecule has 2 aromatic carbocycles. The van der Waals surface area contributed by atoms with E-state index in [4.69, 9.17) is 20.3 Å². The Morgan fingerprint density at radius 3 is 2.37 bits per heavy atom. The molecule has 10 heteroatoms. The number of carbonyl (C=O) groups excluding carboxylic acids is 2. The summed E-state index contributed by atoms with van der Waals surface area (Å²) in [6.07, 6.45) is 3.62. The molecule has 1 aliphatic carbocycles. The smallest absolute Gasteiger partial charge is 0.410 e. The number of ether oxygens (including phenoxy) is 2. The molecule has 2 aliphatic heterocycles. The first-order chi connectivity index (χ1) is 19.6. The molecule has 2 amide bonds. The molecule has 216 valence electrons. The number of fused-ring (bicyclic) bond motifs is 1. The zero-order valence-corrected chi connectivity index (χ0v) is 23.9. The number of carbonyl (C=O) groups is 2. The average Bonchev–Trinajstić information content (AvgIpc) is 3.32. The summed E-state index contributed by atoms with van der Waals surface area (Å²) < 4.78 is 13.3. The minimum absolute atomic E-state index is 0.00421. The second kappa shape index (κ2) is 10.4. The maximum Gasteiger partial charge on any atom is 0.410 e. The van der Waals surface area contributed by atoms with Gasteiger partial charge in [-0.25, -0.2) is 9.48 Å². The number of para-hydroxylation sites is 1. The topological polar surface area (TPSA) is 115 Å². The van der Waals surface area contributed by atoms with E-state index in [1.807, 2.05) is 80.3 Å². The molecule has 1 unspecified atom stereocenters. The van der Waals surface area contributed by atoms with Crippen LogP contribution in [0.2, 0.25) is 0 Å². The van der Waals surface area contributed by atoms with Crippen LogP contribution in [0.4, 0.5) is 10.5 Å². The second-order valence-corrected chi connectivity index (χ2v) is 12.2. The largest absolute Gasteiger partial charge is 0.457 e. The first-order valence-corrected chi connectivity index (χ1v) is 14.4. The SMILES string of the molecule is CC(C)(C)OC(=O)N1CCN(C2CCNc3c2nn(-c2ccc(Oc4ccccc4)cc2)c3C(N)=O)CC12CCC2. The Balaban J connectivity index is 1.27. The summed E-state index contributed by atoms with van der Waals surface area (Å²) >= 11 is 0.